The van der Waals surface area contributed by atoms with Crippen LogP contribution in [0, 0.1) is 0 Å². The summed E-state index contributed by atoms with van der Waals surface area (Å²) in [4.78, 5) is 10.2. The highest BCUT2D eigenvalue weighted by atomic mass is 14.9. The molecule has 1 aromatic heterocycles. The van der Waals surface area contributed by atoms with E-state index in [9.17, 15) is 0 Å². The van der Waals surface area contributed by atoms with Crippen molar-refractivity contribution in [3.63, 3.8) is 0 Å². The van der Waals surface area contributed by atoms with Crippen LogP contribution in [0.1, 0.15) is 25.0 Å². The van der Waals surface area contributed by atoms with Gasteiger partial charge in [0.15, 0.2) is 5.82 Å². The van der Waals surface area contributed by atoms with E-state index in [1.165, 1.54) is 65.7 Å². The maximum atomic E-state index is 5.17. The second-order valence-electron chi connectivity index (χ2n) is 14.2. The smallest absolute Gasteiger partial charge is 0.160 e. The molecule has 10 rings (SSSR count). The number of hydrogen-bond donors (Lipinski definition) is 0. The number of aromatic nitrogens is 2. The van der Waals surface area contributed by atoms with E-state index in [0.29, 0.717) is 0 Å². The summed E-state index contributed by atoms with van der Waals surface area (Å²) in [5, 5.41) is 7.50. The lowest BCUT2D eigenvalue weighted by Crippen LogP contribution is -2.14. The fourth-order valence-corrected chi connectivity index (χ4v) is 8.36. The molecule has 51 heavy (non-hydrogen) atoms. The van der Waals surface area contributed by atoms with Crippen molar-refractivity contribution in [2.45, 2.75) is 19.3 Å². The molecule has 0 saturated heterocycles. The van der Waals surface area contributed by atoms with E-state index in [4.69, 9.17) is 9.97 Å². The van der Waals surface area contributed by atoms with Crippen molar-refractivity contribution in [2.24, 2.45) is 0 Å². The van der Waals surface area contributed by atoms with Crippen LogP contribution in [0.15, 0.2) is 170 Å². The average Bonchev–Trinajstić information content (AvgIpc) is 3.43. The van der Waals surface area contributed by atoms with E-state index < -0.39 is 0 Å². The molecule has 0 amide bonds. The molecule has 0 radical (unpaired) electrons. The maximum absolute atomic E-state index is 5.17. The van der Waals surface area contributed by atoms with E-state index in [1.807, 2.05) is 24.3 Å². The van der Waals surface area contributed by atoms with E-state index in [2.05, 4.69) is 159 Å². The molecule has 0 bridgehead atoms. The molecule has 240 valence electrons. The zero-order valence-corrected chi connectivity index (χ0v) is 28.6. The molecule has 0 aliphatic heterocycles. The molecule has 0 N–H and O–H groups in total. The first-order valence-corrected chi connectivity index (χ1v) is 17.7. The topological polar surface area (TPSA) is 25.8 Å². The minimum Gasteiger partial charge on any atom is -0.228 e. The van der Waals surface area contributed by atoms with E-state index in [0.717, 1.165) is 33.9 Å². The van der Waals surface area contributed by atoms with Crippen molar-refractivity contribution in [1.82, 2.24) is 9.97 Å². The summed E-state index contributed by atoms with van der Waals surface area (Å²) in [5.41, 5.74) is 12.9. The Bertz CT molecular complexity index is 2760. The molecule has 0 saturated carbocycles. The van der Waals surface area contributed by atoms with E-state index in [-0.39, 0.29) is 5.41 Å². The second-order valence-corrected chi connectivity index (χ2v) is 14.2. The molecule has 2 nitrogen and oxygen atoms in total. The number of fused-ring (bicyclic) bond motifs is 9. The average molecular weight is 651 g/mol. The summed E-state index contributed by atoms with van der Waals surface area (Å²) in [7, 11) is 0. The fraction of sp³-hybridized carbons (Fsp3) is 0.0612. The highest BCUT2D eigenvalue weighted by molar-refractivity contribution is 6.28. The Kier molecular flexibility index (Phi) is 6.56. The van der Waals surface area contributed by atoms with Crippen LogP contribution in [0.2, 0.25) is 0 Å². The first-order chi connectivity index (χ1) is 25.0. The van der Waals surface area contributed by atoms with Crippen LogP contribution in [0.5, 0.6) is 0 Å². The number of nitrogens with zero attached hydrogens (tertiary/aromatic N) is 2. The number of benzene rings is 8. The van der Waals surface area contributed by atoms with Gasteiger partial charge in [-0.15, -0.1) is 0 Å². The van der Waals surface area contributed by atoms with Gasteiger partial charge < -0.3 is 0 Å². The lowest BCUT2D eigenvalue weighted by atomic mass is 9.82. The maximum Gasteiger partial charge on any atom is 0.160 e. The van der Waals surface area contributed by atoms with Crippen molar-refractivity contribution < 1.29 is 0 Å². The standard InChI is InChI=1S/C49H34N2/c1-49(2)43-23-12-11-20-38(43)42-28-33(25-27-44(42)49)35-21-13-22-39-36-18-9-10-19-37(36)41-29-34(24-26-40(41)47(35)39)46-30-45(31-14-5-3-6-15-31)50-48(51-46)32-16-7-4-8-17-32/h3-30H,1-2H3. The van der Waals surface area contributed by atoms with Crippen LogP contribution >= 0.6 is 0 Å². The van der Waals surface area contributed by atoms with Gasteiger partial charge in [-0.3, -0.25) is 0 Å². The minimum absolute atomic E-state index is 0.0236. The zero-order valence-electron chi connectivity index (χ0n) is 28.6. The highest BCUT2D eigenvalue weighted by Gasteiger charge is 2.35. The Morgan fingerprint density at radius 2 is 0.922 bits per heavy atom. The Labute approximate surface area is 297 Å². The van der Waals surface area contributed by atoms with Crippen LogP contribution in [-0.2, 0) is 5.41 Å². The van der Waals surface area contributed by atoms with Gasteiger partial charge in [0.2, 0.25) is 0 Å². The third-order valence-electron chi connectivity index (χ3n) is 10.9. The predicted octanol–water partition coefficient (Wildman–Crippen LogP) is 12.9. The van der Waals surface area contributed by atoms with Gasteiger partial charge in [0, 0.05) is 22.1 Å². The molecule has 1 aliphatic rings. The molecule has 0 fully saturated rings. The van der Waals surface area contributed by atoms with Gasteiger partial charge in [0.25, 0.3) is 0 Å². The summed E-state index contributed by atoms with van der Waals surface area (Å²) < 4.78 is 0. The van der Waals surface area contributed by atoms with Crippen molar-refractivity contribution in [1.29, 1.82) is 0 Å². The molecule has 1 aliphatic carbocycles. The fourth-order valence-electron chi connectivity index (χ4n) is 8.36. The molecule has 0 spiro atoms. The van der Waals surface area contributed by atoms with Crippen LogP contribution in [-0.4, -0.2) is 9.97 Å². The summed E-state index contributed by atoms with van der Waals surface area (Å²) in [6.45, 7) is 4.69. The third-order valence-corrected chi connectivity index (χ3v) is 10.9. The SMILES string of the molecule is CC1(C)c2ccccc2-c2cc(-c3cccc4c5ccccc5c5cc(-c6cc(-c7ccccc7)nc(-c7ccccc7)n6)ccc5c34)ccc21. The van der Waals surface area contributed by atoms with E-state index in [1.54, 1.807) is 0 Å². The van der Waals surface area contributed by atoms with Gasteiger partial charge in [-0.05, 0) is 83.9 Å². The van der Waals surface area contributed by atoms with Crippen LogP contribution in [0.25, 0.3) is 88.5 Å². The van der Waals surface area contributed by atoms with Crippen molar-refractivity contribution >= 4 is 32.3 Å². The van der Waals surface area contributed by atoms with Gasteiger partial charge in [0.05, 0.1) is 11.4 Å². The van der Waals surface area contributed by atoms with Crippen molar-refractivity contribution in [3.8, 4) is 56.2 Å². The Balaban J connectivity index is 1.21. The lowest BCUT2D eigenvalue weighted by molar-refractivity contribution is 0.660. The molecule has 2 heteroatoms. The van der Waals surface area contributed by atoms with Crippen molar-refractivity contribution in [2.75, 3.05) is 0 Å². The third kappa shape index (κ3) is 4.64. The Morgan fingerprint density at radius 3 is 1.71 bits per heavy atom. The predicted molar refractivity (Wildman–Crippen MR) is 214 cm³/mol. The molecule has 0 unspecified atom stereocenters. The Morgan fingerprint density at radius 1 is 0.353 bits per heavy atom. The first-order valence-electron chi connectivity index (χ1n) is 17.7. The van der Waals surface area contributed by atoms with Gasteiger partial charge >= 0.3 is 0 Å². The quantitative estimate of drug-likeness (QED) is 0.177. The minimum atomic E-state index is -0.0236. The normalized spacial score (nSPS) is 13.1. The van der Waals surface area contributed by atoms with E-state index >= 15 is 0 Å². The summed E-state index contributed by atoms with van der Waals surface area (Å²) >= 11 is 0. The van der Waals surface area contributed by atoms with Gasteiger partial charge in [0.1, 0.15) is 0 Å². The molecule has 1 heterocycles. The molecular formula is C49H34N2. The Hall–Kier alpha value is -6.38. The summed E-state index contributed by atoms with van der Waals surface area (Å²) in [6.07, 6.45) is 0. The molecular weight excluding hydrogens is 617 g/mol. The summed E-state index contributed by atoms with van der Waals surface area (Å²) in [5.74, 6) is 0.721. The van der Waals surface area contributed by atoms with Gasteiger partial charge in [-0.1, -0.05) is 166 Å². The van der Waals surface area contributed by atoms with Gasteiger partial charge in [-0.2, -0.15) is 0 Å². The monoisotopic (exact) mass is 650 g/mol. The zero-order chi connectivity index (χ0) is 34.1. The molecule has 0 atom stereocenters. The van der Waals surface area contributed by atoms with Crippen LogP contribution in [0.3, 0.4) is 0 Å². The highest BCUT2D eigenvalue weighted by Crippen LogP contribution is 2.50. The first kappa shape index (κ1) is 29.5. The molecule has 8 aromatic carbocycles. The number of hydrogen-bond acceptors (Lipinski definition) is 2. The molecule has 9 aromatic rings. The summed E-state index contributed by atoms with van der Waals surface area (Å²) in [6, 6.07) is 61.3. The largest absolute Gasteiger partial charge is 0.228 e. The van der Waals surface area contributed by atoms with Crippen LogP contribution in [0.4, 0.5) is 0 Å². The second kappa shape index (κ2) is 11.3. The van der Waals surface area contributed by atoms with Crippen molar-refractivity contribution in [3.05, 3.63) is 181 Å². The number of rotatable bonds is 4. The van der Waals surface area contributed by atoms with Crippen LogP contribution < -0.4 is 0 Å². The van der Waals surface area contributed by atoms with Gasteiger partial charge in [-0.25, -0.2) is 9.97 Å². The lowest BCUT2D eigenvalue weighted by Gasteiger charge is -2.21.